The second-order valence-corrected chi connectivity index (χ2v) is 1.54. The van der Waals surface area contributed by atoms with E-state index in [0.29, 0.717) is 0 Å². The fourth-order valence-electron chi connectivity index (χ4n) is 0. The summed E-state index contributed by atoms with van der Waals surface area (Å²) in [6, 6.07) is 0. The molecule has 0 atom stereocenters. The van der Waals surface area contributed by atoms with Crippen LogP contribution in [0.4, 0.5) is 0 Å². The van der Waals surface area contributed by atoms with Gasteiger partial charge in [0.2, 0.25) is 0 Å². The molecule has 0 aromatic rings. The molecule has 9 heavy (non-hydrogen) atoms. The Balaban J connectivity index is -0.0000000133. The van der Waals surface area contributed by atoms with E-state index >= 15 is 0 Å². The summed E-state index contributed by atoms with van der Waals surface area (Å²) in [4.78, 5) is 21.6. The third-order valence-electron chi connectivity index (χ3n) is 0. The Morgan fingerprint density at radius 3 is 1.00 bits per heavy atom. The number of halogens is 2. The summed E-state index contributed by atoms with van der Waals surface area (Å²) in [5.74, 6) is 0. The second kappa shape index (κ2) is 13.5. The molecule has 52 valence electrons. The van der Waals surface area contributed by atoms with E-state index in [4.69, 9.17) is 19.2 Å². The van der Waals surface area contributed by atoms with Crippen LogP contribution in [0.5, 0.6) is 0 Å². The molecule has 0 saturated carbocycles. The van der Waals surface area contributed by atoms with E-state index in [-0.39, 0.29) is 88.5 Å². The normalized spacial score (nSPS) is 6.56. The van der Waals surface area contributed by atoms with Crippen molar-refractivity contribution >= 4 is 96.3 Å². The van der Waals surface area contributed by atoms with E-state index < -0.39 is 7.82 Å². The quantitative estimate of drug-likeness (QED) is 0.378. The Morgan fingerprint density at radius 2 is 1.00 bits per heavy atom. The van der Waals surface area contributed by atoms with E-state index in [0.717, 1.165) is 0 Å². The van der Waals surface area contributed by atoms with Crippen molar-refractivity contribution in [2.24, 2.45) is 0 Å². The van der Waals surface area contributed by atoms with E-state index in [1.165, 1.54) is 0 Å². The van der Waals surface area contributed by atoms with Crippen molar-refractivity contribution < 1.29 is 19.2 Å². The molecule has 0 radical (unpaired) electrons. The van der Waals surface area contributed by atoms with Crippen molar-refractivity contribution in [3.63, 3.8) is 0 Å². The molecular formula is H7BrClNa2O4P. The van der Waals surface area contributed by atoms with E-state index in [1.807, 2.05) is 0 Å². The van der Waals surface area contributed by atoms with Gasteiger partial charge in [-0.25, -0.2) is 4.57 Å². The van der Waals surface area contributed by atoms with Crippen LogP contribution in [0.1, 0.15) is 0 Å². The SMILES string of the molecule is Br.Cl.O=P(O)(O)O.[NaH].[NaH]. The van der Waals surface area contributed by atoms with Crippen molar-refractivity contribution in [3.05, 3.63) is 0 Å². The minimum absolute atomic E-state index is 0. The Hall–Kier alpha value is 2.88. The van der Waals surface area contributed by atoms with Gasteiger partial charge in [-0.3, -0.25) is 0 Å². The Morgan fingerprint density at radius 1 is 1.00 bits per heavy atom. The third-order valence-corrected chi connectivity index (χ3v) is 0. The van der Waals surface area contributed by atoms with Crippen LogP contribution in [0.15, 0.2) is 0 Å². The first-order chi connectivity index (χ1) is 2.00. The molecule has 9 heteroatoms. The topological polar surface area (TPSA) is 77.8 Å². The van der Waals surface area contributed by atoms with E-state index in [2.05, 4.69) is 0 Å². The van der Waals surface area contributed by atoms with Crippen LogP contribution in [0.3, 0.4) is 0 Å². The second-order valence-electron chi connectivity index (χ2n) is 0.513. The number of hydrogen-bond acceptors (Lipinski definition) is 1. The number of hydrogen-bond donors (Lipinski definition) is 3. The first kappa shape index (κ1) is 29.7. The van der Waals surface area contributed by atoms with Crippen LogP contribution in [0, 0.1) is 0 Å². The summed E-state index contributed by atoms with van der Waals surface area (Å²) < 4.78 is 8.88. The summed E-state index contributed by atoms with van der Waals surface area (Å²) in [5, 5.41) is 0. The summed E-state index contributed by atoms with van der Waals surface area (Å²) >= 11 is 0. The molecule has 0 spiro atoms. The van der Waals surface area contributed by atoms with Crippen LogP contribution in [-0.2, 0) is 4.57 Å². The van der Waals surface area contributed by atoms with Crippen LogP contribution >= 0.6 is 37.2 Å². The fourth-order valence-corrected chi connectivity index (χ4v) is 0. The zero-order valence-corrected chi connectivity index (χ0v) is 6.44. The molecular weight excluding hydrogens is 256 g/mol. The maximum absolute atomic E-state index is 8.88. The minimum atomic E-state index is -4.64. The molecule has 0 aromatic heterocycles. The van der Waals surface area contributed by atoms with Gasteiger partial charge < -0.3 is 14.7 Å². The number of phosphoric acid groups is 1. The van der Waals surface area contributed by atoms with Gasteiger partial charge in [-0.15, -0.1) is 29.4 Å². The van der Waals surface area contributed by atoms with Gasteiger partial charge in [0.15, 0.2) is 0 Å². The van der Waals surface area contributed by atoms with Crippen molar-refractivity contribution in [1.29, 1.82) is 0 Å². The van der Waals surface area contributed by atoms with Gasteiger partial charge in [0.1, 0.15) is 0 Å². The molecule has 0 aliphatic carbocycles. The van der Waals surface area contributed by atoms with Crippen LogP contribution in [0.2, 0.25) is 0 Å². The summed E-state index contributed by atoms with van der Waals surface area (Å²) in [7, 11) is -4.64. The molecule has 0 saturated heterocycles. The molecule has 0 fully saturated rings. The van der Waals surface area contributed by atoms with Crippen molar-refractivity contribution in [2.45, 2.75) is 0 Å². The summed E-state index contributed by atoms with van der Waals surface area (Å²) in [6.45, 7) is 0. The molecule has 3 N–H and O–H groups in total. The molecule has 0 heterocycles. The molecule has 0 rings (SSSR count). The Kier molecular flexibility index (Phi) is 44.5. The zero-order chi connectivity index (χ0) is 4.50. The third kappa shape index (κ3) is 103. The van der Waals surface area contributed by atoms with Gasteiger partial charge in [-0.1, -0.05) is 0 Å². The van der Waals surface area contributed by atoms with E-state index in [1.54, 1.807) is 0 Å². The first-order valence-corrected chi connectivity index (χ1v) is 2.35. The standard InChI is InChI=1S/BrH.ClH.2Na.H3O4P.2H/c;;;;1-5(2,3)4;;/h2*1H;;;(H3,1,2,3,4);;. The molecule has 0 aliphatic heterocycles. The monoisotopic (exact) mass is 262 g/mol. The van der Waals surface area contributed by atoms with Gasteiger partial charge in [0, 0.05) is 0 Å². The Bertz CT molecular complexity index is 64.7. The molecule has 0 unspecified atom stereocenters. The maximum atomic E-state index is 8.88. The number of rotatable bonds is 0. The van der Waals surface area contributed by atoms with Gasteiger partial charge >= 0.3 is 66.9 Å². The van der Waals surface area contributed by atoms with Crippen molar-refractivity contribution in [1.82, 2.24) is 0 Å². The van der Waals surface area contributed by atoms with Gasteiger partial charge in [0.25, 0.3) is 0 Å². The average molecular weight is 263 g/mol. The first-order valence-electron chi connectivity index (χ1n) is 0.783. The molecule has 4 nitrogen and oxygen atoms in total. The molecule has 0 aliphatic rings. The molecule has 0 bridgehead atoms. The van der Waals surface area contributed by atoms with Gasteiger partial charge in [-0.05, 0) is 0 Å². The predicted octanol–water partition coefficient (Wildman–Crippen LogP) is -1.23. The summed E-state index contributed by atoms with van der Waals surface area (Å²) in [6.07, 6.45) is 0. The Labute approximate surface area is 114 Å². The summed E-state index contributed by atoms with van der Waals surface area (Å²) in [5.41, 5.74) is 0. The van der Waals surface area contributed by atoms with E-state index in [9.17, 15) is 0 Å². The zero-order valence-electron chi connectivity index (χ0n) is 3.01. The van der Waals surface area contributed by atoms with Crippen LogP contribution in [0.25, 0.3) is 0 Å². The molecule has 0 amide bonds. The predicted molar refractivity (Wildman–Crippen MR) is 46.1 cm³/mol. The molecule has 0 aromatic carbocycles. The van der Waals surface area contributed by atoms with Crippen LogP contribution in [-0.4, -0.2) is 73.8 Å². The van der Waals surface area contributed by atoms with Crippen molar-refractivity contribution in [3.8, 4) is 0 Å². The van der Waals surface area contributed by atoms with Crippen LogP contribution < -0.4 is 0 Å². The fraction of sp³-hybridized carbons (Fsp3) is 0. The van der Waals surface area contributed by atoms with Gasteiger partial charge in [-0.2, -0.15) is 0 Å². The van der Waals surface area contributed by atoms with Gasteiger partial charge in [0.05, 0.1) is 0 Å². The average Bonchev–Trinajstić information content (AvgIpc) is 0.722. The van der Waals surface area contributed by atoms with Crippen molar-refractivity contribution in [2.75, 3.05) is 0 Å².